The molecule has 1 aliphatic heterocycles. The predicted molar refractivity (Wildman–Crippen MR) is 93.8 cm³/mol. The molecule has 0 unspecified atom stereocenters. The van der Waals surface area contributed by atoms with E-state index in [1.807, 2.05) is 0 Å². The number of carbonyl (C=O) groups excluding carboxylic acids is 3. The summed E-state index contributed by atoms with van der Waals surface area (Å²) >= 11 is 0. The first-order chi connectivity index (χ1) is 12.8. The lowest BCUT2D eigenvalue weighted by molar-refractivity contribution is -0.139. The topological polar surface area (TPSA) is 82.9 Å². The molecule has 0 spiro atoms. The van der Waals surface area contributed by atoms with Gasteiger partial charge in [0.05, 0.1) is 6.26 Å². The van der Waals surface area contributed by atoms with Crippen LogP contribution in [-0.4, -0.2) is 40.7 Å². The lowest BCUT2D eigenvalue weighted by Gasteiger charge is -2.24. The summed E-state index contributed by atoms with van der Waals surface area (Å²) in [6.45, 7) is 3.45. The molecule has 2 heterocycles. The molecule has 0 radical (unpaired) electrons. The fraction of sp³-hybridized carbons (Fsp3) is 0.316. The van der Waals surface area contributed by atoms with Crippen molar-refractivity contribution in [2.45, 2.75) is 25.9 Å². The van der Waals surface area contributed by atoms with Crippen LogP contribution in [0.2, 0.25) is 0 Å². The molecule has 3 rings (SSSR count). The number of urea groups is 1. The number of halogens is 1. The third-order valence-electron chi connectivity index (χ3n) is 4.58. The van der Waals surface area contributed by atoms with Crippen molar-refractivity contribution in [3.8, 4) is 0 Å². The van der Waals surface area contributed by atoms with Crippen LogP contribution in [0.5, 0.6) is 0 Å². The number of likely N-dealkylation sites (N-methyl/N-ethyl adjacent to an activating group) is 1. The van der Waals surface area contributed by atoms with Crippen LogP contribution in [-0.2, 0) is 21.7 Å². The van der Waals surface area contributed by atoms with E-state index in [2.05, 4.69) is 5.32 Å². The van der Waals surface area contributed by atoms with Crippen LogP contribution in [0, 0.1) is 5.82 Å². The van der Waals surface area contributed by atoms with Gasteiger partial charge in [0.15, 0.2) is 5.54 Å². The third kappa shape index (κ3) is 3.55. The lowest BCUT2D eigenvalue weighted by atomic mass is 9.99. The Morgan fingerprint density at radius 3 is 2.70 bits per heavy atom. The summed E-state index contributed by atoms with van der Waals surface area (Å²) in [4.78, 5) is 40.0. The Kier molecular flexibility index (Phi) is 4.98. The monoisotopic (exact) mass is 373 g/mol. The first-order valence-corrected chi connectivity index (χ1v) is 8.55. The van der Waals surface area contributed by atoms with Crippen LogP contribution in [0.3, 0.4) is 0 Å². The Morgan fingerprint density at radius 1 is 1.30 bits per heavy atom. The van der Waals surface area contributed by atoms with E-state index < -0.39 is 29.9 Å². The van der Waals surface area contributed by atoms with E-state index in [0.717, 1.165) is 4.90 Å². The zero-order chi connectivity index (χ0) is 19.6. The van der Waals surface area contributed by atoms with E-state index in [1.165, 1.54) is 30.2 Å². The summed E-state index contributed by atoms with van der Waals surface area (Å²) in [5, 5.41) is 2.58. The average molecular weight is 373 g/mol. The van der Waals surface area contributed by atoms with Crippen molar-refractivity contribution in [2.75, 3.05) is 13.1 Å². The minimum atomic E-state index is -1.35. The molecule has 142 valence electrons. The van der Waals surface area contributed by atoms with Gasteiger partial charge in [-0.15, -0.1) is 0 Å². The molecule has 0 bridgehead atoms. The van der Waals surface area contributed by atoms with Gasteiger partial charge < -0.3 is 14.6 Å². The molecule has 7 nitrogen and oxygen atoms in total. The summed E-state index contributed by atoms with van der Waals surface area (Å²) in [5.41, 5.74) is -0.719. The van der Waals surface area contributed by atoms with Gasteiger partial charge in [-0.2, -0.15) is 0 Å². The number of hydrogen-bond acceptors (Lipinski definition) is 4. The molecule has 1 aromatic carbocycles. The van der Waals surface area contributed by atoms with Gasteiger partial charge in [-0.05, 0) is 43.7 Å². The van der Waals surface area contributed by atoms with Crippen LogP contribution in [0.15, 0.2) is 47.1 Å². The Bertz CT molecular complexity index is 868. The van der Waals surface area contributed by atoms with Crippen molar-refractivity contribution >= 4 is 17.8 Å². The highest BCUT2D eigenvalue weighted by atomic mass is 19.1. The summed E-state index contributed by atoms with van der Waals surface area (Å²) in [6.07, 6.45) is 1.41. The number of carbonyl (C=O) groups is 3. The molecule has 8 heteroatoms. The highest BCUT2D eigenvalue weighted by Gasteiger charge is 2.51. The zero-order valence-electron chi connectivity index (χ0n) is 15.1. The quantitative estimate of drug-likeness (QED) is 0.787. The largest absolute Gasteiger partial charge is 0.466 e. The van der Waals surface area contributed by atoms with Gasteiger partial charge in [0.2, 0.25) is 5.91 Å². The molecule has 27 heavy (non-hydrogen) atoms. The van der Waals surface area contributed by atoms with Crippen molar-refractivity contribution in [1.82, 2.24) is 15.1 Å². The predicted octanol–water partition coefficient (Wildman–Crippen LogP) is 2.23. The molecule has 0 aliphatic carbocycles. The highest BCUT2D eigenvalue weighted by Crippen LogP contribution is 2.29. The first-order valence-electron chi connectivity index (χ1n) is 8.55. The van der Waals surface area contributed by atoms with Gasteiger partial charge in [-0.3, -0.25) is 14.5 Å². The van der Waals surface area contributed by atoms with E-state index >= 15 is 0 Å². The first kappa shape index (κ1) is 18.6. The standard InChI is InChI=1S/C19H20FN3O4/c1-3-22(11-13-6-4-7-14(20)10-13)16(24)12-23-17(25)19(2,21-18(23)26)15-8-5-9-27-15/h4-10H,3,11-12H2,1-2H3,(H,21,26)/t19-/m1/s1. The molecule has 1 saturated heterocycles. The average Bonchev–Trinajstić information content (AvgIpc) is 3.24. The number of furan rings is 1. The maximum atomic E-state index is 13.4. The van der Waals surface area contributed by atoms with Gasteiger partial charge in [-0.1, -0.05) is 12.1 Å². The molecule has 1 aromatic heterocycles. The van der Waals surface area contributed by atoms with E-state index in [-0.39, 0.29) is 12.4 Å². The summed E-state index contributed by atoms with van der Waals surface area (Å²) in [6, 6.07) is 8.49. The minimum Gasteiger partial charge on any atom is -0.466 e. The minimum absolute atomic E-state index is 0.187. The fourth-order valence-electron chi connectivity index (χ4n) is 3.04. The van der Waals surface area contributed by atoms with Crippen molar-refractivity contribution in [1.29, 1.82) is 0 Å². The maximum Gasteiger partial charge on any atom is 0.325 e. The molecule has 1 atom stereocenters. The third-order valence-corrected chi connectivity index (χ3v) is 4.58. The molecule has 0 saturated carbocycles. The van der Waals surface area contributed by atoms with Crippen LogP contribution in [0.1, 0.15) is 25.2 Å². The molecule has 1 aliphatic rings. The Labute approximate surface area is 155 Å². The van der Waals surface area contributed by atoms with E-state index in [0.29, 0.717) is 17.9 Å². The smallest absolute Gasteiger partial charge is 0.325 e. The molecule has 4 amide bonds. The van der Waals surface area contributed by atoms with E-state index in [1.54, 1.807) is 31.2 Å². The number of benzene rings is 1. The summed E-state index contributed by atoms with van der Waals surface area (Å²) < 4.78 is 18.6. The van der Waals surface area contributed by atoms with E-state index in [4.69, 9.17) is 4.42 Å². The van der Waals surface area contributed by atoms with Crippen LogP contribution in [0.25, 0.3) is 0 Å². The second-order valence-corrected chi connectivity index (χ2v) is 6.46. The van der Waals surface area contributed by atoms with Crippen molar-refractivity contribution in [3.63, 3.8) is 0 Å². The normalized spacial score (nSPS) is 19.3. The van der Waals surface area contributed by atoms with Crippen LogP contribution in [0.4, 0.5) is 9.18 Å². The van der Waals surface area contributed by atoms with Crippen molar-refractivity contribution in [2.24, 2.45) is 0 Å². The van der Waals surface area contributed by atoms with Crippen molar-refractivity contribution in [3.05, 3.63) is 59.8 Å². The second kappa shape index (κ2) is 7.22. The van der Waals surface area contributed by atoms with Gasteiger partial charge in [-0.25, -0.2) is 9.18 Å². The number of nitrogens with zero attached hydrogens (tertiary/aromatic N) is 2. The molecule has 1 N–H and O–H groups in total. The number of rotatable bonds is 6. The molecule has 1 fully saturated rings. The Morgan fingerprint density at radius 2 is 2.07 bits per heavy atom. The number of amides is 4. The number of imide groups is 1. The Hall–Kier alpha value is -3.16. The fourth-order valence-corrected chi connectivity index (χ4v) is 3.04. The molecular weight excluding hydrogens is 353 g/mol. The van der Waals surface area contributed by atoms with Crippen molar-refractivity contribution < 1.29 is 23.2 Å². The Balaban J connectivity index is 1.72. The van der Waals surface area contributed by atoms with Gasteiger partial charge >= 0.3 is 6.03 Å². The summed E-state index contributed by atoms with van der Waals surface area (Å²) in [7, 11) is 0. The maximum absolute atomic E-state index is 13.4. The lowest BCUT2D eigenvalue weighted by Crippen LogP contribution is -2.44. The zero-order valence-corrected chi connectivity index (χ0v) is 15.1. The van der Waals surface area contributed by atoms with Gasteiger partial charge in [0.1, 0.15) is 18.1 Å². The summed E-state index contributed by atoms with van der Waals surface area (Å²) in [5.74, 6) is -1.06. The second-order valence-electron chi connectivity index (χ2n) is 6.46. The molecular formula is C19H20FN3O4. The van der Waals surface area contributed by atoms with Gasteiger partial charge in [0, 0.05) is 13.1 Å². The SMILES string of the molecule is CCN(Cc1cccc(F)c1)C(=O)CN1C(=O)N[C@](C)(c2ccco2)C1=O. The van der Waals surface area contributed by atoms with E-state index in [9.17, 15) is 18.8 Å². The van der Waals surface area contributed by atoms with Gasteiger partial charge in [0.25, 0.3) is 5.91 Å². The molecule has 2 aromatic rings. The number of hydrogen-bond donors (Lipinski definition) is 1. The number of nitrogens with one attached hydrogen (secondary N) is 1. The highest BCUT2D eigenvalue weighted by molar-refractivity contribution is 6.08. The van der Waals surface area contributed by atoms with Crippen LogP contribution < -0.4 is 5.32 Å². The van der Waals surface area contributed by atoms with Crippen LogP contribution >= 0.6 is 0 Å².